The summed E-state index contributed by atoms with van der Waals surface area (Å²) in [5.74, 6) is -1.81. The average molecular weight is 445 g/mol. The molecule has 4 rings (SSSR count). The summed E-state index contributed by atoms with van der Waals surface area (Å²) in [4.78, 5) is 29.7. The van der Waals surface area contributed by atoms with Crippen LogP contribution < -0.4 is 0 Å². The van der Waals surface area contributed by atoms with Gasteiger partial charge in [0, 0.05) is 38.1 Å². The van der Waals surface area contributed by atoms with E-state index in [1.807, 2.05) is 22.4 Å². The van der Waals surface area contributed by atoms with E-state index in [4.69, 9.17) is 9.90 Å². The maximum atomic E-state index is 13.0. The molecule has 1 N–H and O–H groups in total. The molecule has 1 amide bonds. The van der Waals surface area contributed by atoms with Crippen LogP contribution in [0, 0.1) is 17.7 Å². The molecule has 2 atom stereocenters. The molecule has 0 bridgehead atoms. The molecule has 6 nitrogen and oxygen atoms in total. The molecule has 11 heteroatoms. The van der Waals surface area contributed by atoms with Gasteiger partial charge in [0.1, 0.15) is 11.5 Å². The van der Waals surface area contributed by atoms with E-state index in [9.17, 15) is 22.4 Å². The predicted molar refractivity (Wildman–Crippen MR) is 100 cm³/mol. The summed E-state index contributed by atoms with van der Waals surface area (Å²) < 4.78 is 44.7. The Bertz CT molecular complexity index is 860. The molecule has 30 heavy (non-hydrogen) atoms. The smallest absolute Gasteiger partial charge is 0.475 e. The minimum absolute atomic E-state index is 0.0609. The fourth-order valence-electron chi connectivity index (χ4n) is 3.71. The molecule has 0 aliphatic carbocycles. The number of nitrogens with zero attached hydrogens (tertiary/aromatic N) is 3. The third-order valence-corrected chi connectivity index (χ3v) is 5.65. The lowest BCUT2D eigenvalue weighted by Crippen LogP contribution is -2.33. The number of hydrogen-bond donors (Lipinski definition) is 1. The molecule has 0 radical (unpaired) electrons. The number of rotatable bonds is 3. The highest BCUT2D eigenvalue weighted by Crippen LogP contribution is 2.32. The summed E-state index contributed by atoms with van der Waals surface area (Å²) in [6.45, 7) is 4.50. The van der Waals surface area contributed by atoms with Gasteiger partial charge in [-0.15, -0.1) is 11.3 Å². The number of benzene rings is 1. The summed E-state index contributed by atoms with van der Waals surface area (Å²) in [6, 6.07) is 6.73. The fraction of sp³-hybridized carbons (Fsp3) is 0.421. The summed E-state index contributed by atoms with van der Waals surface area (Å²) in [6.07, 6.45) is -5.08. The van der Waals surface area contributed by atoms with Crippen molar-refractivity contribution in [3.63, 3.8) is 0 Å². The maximum absolute atomic E-state index is 13.0. The molecule has 0 spiro atoms. The summed E-state index contributed by atoms with van der Waals surface area (Å²) in [5.41, 5.74) is 3.41. The van der Waals surface area contributed by atoms with E-state index in [2.05, 4.69) is 9.88 Å². The van der Waals surface area contributed by atoms with E-state index in [0.29, 0.717) is 17.5 Å². The second-order valence-corrected chi connectivity index (χ2v) is 7.95. The van der Waals surface area contributed by atoms with Crippen molar-refractivity contribution in [3.05, 3.63) is 52.2 Å². The Labute approximate surface area is 173 Å². The zero-order chi connectivity index (χ0) is 21.9. The van der Waals surface area contributed by atoms with Gasteiger partial charge < -0.3 is 10.0 Å². The van der Waals surface area contributed by atoms with Crippen LogP contribution in [0.1, 0.15) is 16.1 Å². The first kappa shape index (κ1) is 22.2. The Balaban J connectivity index is 0.000000318. The van der Waals surface area contributed by atoms with Crippen molar-refractivity contribution in [2.75, 3.05) is 26.2 Å². The molecule has 162 valence electrons. The number of thiazole rings is 1. The number of carboxylic acid groups (broad SMARTS) is 1. The van der Waals surface area contributed by atoms with Crippen molar-refractivity contribution >= 4 is 23.2 Å². The van der Waals surface area contributed by atoms with Crippen LogP contribution >= 0.6 is 11.3 Å². The quantitative estimate of drug-likeness (QED) is 0.735. The van der Waals surface area contributed by atoms with Crippen LogP contribution in [0.15, 0.2) is 35.2 Å². The van der Waals surface area contributed by atoms with Crippen molar-refractivity contribution in [2.24, 2.45) is 11.8 Å². The second kappa shape index (κ2) is 9.09. The zero-order valence-electron chi connectivity index (χ0n) is 15.7. The Morgan fingerprint density at radius 3 is 2.13 bits per heavy atom. The first-order valence-corrected chi connectivity index (χ1v) is 10.0. The lowest BCUT2D eigenvalue weighted by atomic mass is 10.0. The van der Waals surface area contributed by atoms with Crippen molar-refractivity contribution in [3.8, 4) is 0 Å². The Hall–Kier alpha value is -2.53. The van der Waals surface area contributed by atoms with Gasteiger partial charge in [-0.2, -0.15) is 13.2 Å². The number of carbonyl (C=O) groups is 2. The van der Waals surface area contributed by atoms with Crippen molar-refractivity contribution in [1.82, 2.24) is 14.8 Å². The molecule has 2 saturated heterocycles. The van der Waals surface area contributed by atoms with Crippen LogP contribution in [0.4, 0.5) is 17.6 Å². The topological polar surface area (TPSA) is 73.7 Å². The number of halogens is 4. The van der Waals surface area contributed by atoms with Crippen molar-refractivity contribution < 1.29 is 32.3 Å². The van der Waals surface area contributed by atoms with Gasteiger partial charge in [-0.25, -0.2) is 14.2 Å². The number of fused-ring (bicyclic) bond motifs is 1. The first-order chi connectivity index (χ1) is 14.1. The van der Waals surface area contributed by atoms with E-state index in [0.717, 1.165) is 38.3 Å². The molecule has 3 heterocycles. The van der Waals surface area contributed by atoms with Crippen LogP contribution in [-0.4, -0.2) is 64.1 Å². The Morgan fingerprint density at radius 2 is 1.67 bits per heavy atom. The number of carboxylic acids is 1. The summed E-state index contributed by atoms with van der Waals surface area (Å²) >= 11 is 1.46. The predicted octanol–water partition coefficient (Wildman–Crippen LogP) is 3.12. The SMILES string of the molecule is O=C(O)C(F)(F)F.O=C(c1cscn1)N1C[C@H]2CN(Cc3ccc(F)cc3)C[C@H]2C1. The number of amides is 1. The van der Waals surface area contributed by atoms with Crippen LogP contribution in [0.25, 0.3) is 0 Å². The van der Waals surface area contributed by atoms with Crippen LogP contribution in [0.3, 0.4) is 0 Å². The third-order valence-electron chi connectivity index (χ3n) is 5.06. The van der Waals surface area contributed by atoms with E-state index in [1.165, 1.54) is 23.5 Å². The molecule has 2 aromatic rings. The average Bonchev–Trinajstić information content (AvgIpc) is 3.39. The minimum atomic E-state index is -5.08. The summed E-state index contributed by atoms with van der Waals surface area (Å²) in [5, 5.41) is 8.94. The highest BCUT2D eigenvalue weighted by molar-refractivity contribution is 7.07. The lowest BCUT2D eigenvalue weighted by molar-refractivity contribution is -0.192. The fourth-order valence-corrected chi connectivity index (χ4v) is 4.24. The van der Waals surface area contributed by atoms with Crippen molar-refractivity contribution in [2.45, 2.75) is 12.7 Å². The monoisotopic (exact) mass is 445 g/mol. The minimum Gasteiger partial charge on any atom is -0.475 e. The van der Waals surface area contributed by atoms with Gasteiger partial charge >= 0.3 is 12.1 Å². The highest BCUT2D eigenvalue weighted by Gasteiger charge is 2.41. The molecular weight excluding hydrogens is 426 g/mol. The van der Waals surface area contributed by atoms with Gasteiger partial charge in [0.15, 0.2) is 0 Å². The molecule has 2 fully saturated rings. The van der Waals surface area contributed by atoms with Gasteiger partial charge in [-0.1, -0.05) is 12.1 Å². The zero-order valence-corrected chi connectivity index (χ0v) is 16.5. The normalized spacial score (nSPS) is 21.1. The van der Waals surface area contributed by atoms with E-state index in [-0.39, 0.29) is 11.7 Å². The van der Waals surface area contributed by atoms with Crippen LogP contribution in [-0.2, 0) is 11.3 Å². The lowest BCUT2D eigenvalue weighted by Gasteiger charge is -2.21. The van der Waals surface area contributed by atoms with Gasteiger partial charge in [0.05, 0.1) is 5.51 Å². The highest BCUT2D eigenvalue weighted by atomic mass is 32.1. The van der Waals surface area contributed by atoms with Gasteiger partial charge in [-0.05, 0) is 29.5 Å². The number of carbonyl (C=O) groups excluding carboxylic acids is 1. The van der Waals surface area contributed by atoms with Crippen LogP contribution in [0.5, 0.6) is 0 Å². The number of aliphatic carboxylic acids is 1. The third kappa shape index (κ3) is 5.54. The standard InChI is InChI=1S/C17H18FN3OS.C2HF3O2/c18-15-3-1-12(2-4-15)5-20-6-13-8-21(9-14(13)7-20)17(22)16-10-23-11-19-16;3-2(4,5)1(6)7/h1-4,10-11,13-14H,5-9H2;(H,6,7)/t13-,14+;. The number of hydrogen-bond acceptors (Lipinski definition) is 5. The van der Waals surface area contributed by atoms with Crippen LogP contribution in [0.2, 0.25) is 0 Å². The number of likely N-dealkylation sites (tertiary alicyclic amines) is 2. The summed E-state index contributed by atoms with van der Waals surface area (Å²) in [7, 11) is 0. The maximum Gasteiger partial charge on any atom is 0.490 e. The van der Waals surface area contributed by atoms with Gasteiger partial charge in [0.25, 0.3) is 5.91 Å². The molecule has 1 aromatic heterocycles. The Morgan fingerprint density at radius 1 is 1.10 bits per heavy atom. The Kier molecular flexibility index (Phi) is 6.71. The van der Waals surface area contributed by atoms with Gasteiger partial charge in [-0.3, -0.25) is 9.69 Å². The number of aromatic nitrogens is 1. The molecule has 2 aliphatic rings. The first-order valence-electron chi connectivity index (χ1n) is 9.08. The van der Waals surface area contributed by atoms with Gasteiger partial charge in [0.2, 0.25) is 0 Å². The molecule has 1 aromatic carbocycles. The second-order valence-electron chi connectivity index (χ2n) is 7.23. The molecule has 0 unspecified atom stereocenters. The van der Waals surface area contributed by atoms with E-state index < -0.39 is 12.1 Å². The largest absolute Gasteiger partial charge is 0.490 e. The molecule has 0 saturated carbocycles. The van der Waals surface area contributed by atoms with E-state index in [1.54, 1.807) is 5.51 Å². The molecular formula is C19H19F4N3O3S. The molecule has 2 aliphatic heterocycles. The number of alkyl halides is 3. The van der Waals surface area contributed by atoms with Crippen molar-refractivity contribution in [1.29, 1.82) is 0 Å². The van der Waals surface area contributed by atoms with E-state index >= 15 is 0 Å².